The number of ether oxygens (including phenoxy) is 3. The minimum atomic E-state index is -0.578. The number of esters is 2. The summed E-state index contributed by atoms with van der Waals surface area (Å²) in [6.07, 6.45) is 0.293. The Labute approximate surface area is 165 Å². The maximum atomic E-state index is 12.4. The molecule has 0 fully saturated rings. The Hall–Kier alpha value is -3.34. The van der Waals surface area contributed by atoms with Crippen LogP contribution < -0.4 is 4.74 Å². The number of hydrogen-bond donors (Lipinski definition) is 0. The van der Waals surface area contributed by atoms with Gasteiger partial charge >= 0.3 is 11.9 Å². The Bertz CT molecular complexity index is 838. The molecule has 0 radical (unpaired) electrons. The largest absolute Gasteiger partial charge is 0.490 e. The van der Waals surface area contributed by atoms with E-state index >= 15 is 0 Å². The Morgan fingerprint density at radius 1 is 0.857 bits per heavy atom. The van der Waals surface area contributed by atoms with Crippen molar-refractivity contribution in [3.8, 4) is 5.75 Å². The fourth-order valence-corrected chi connectivity index (χ4v) is 2.26. The van der Waals surface area contributed by atoms with E-state index in [0.717, 1.165) is 5.56 Å². The second-order valence-electron chi connectivity index (χ2n) is 6.18. The van der Waals surface area contributed by atoms with Gasteiger partial charge in [-0.2, -0.15) is 0 Å². The summed E-state index contributed by atoms with van der Waals surface area (Å²) >= 11 is 0. The second kappa shape index (κ2) is 10.7. The van der Waals surface area contributed by atoms with Crippen molar-refractivity contribution in [2.24, 2.45) is 0 Å². The lowest BCUT2D eigenvalue weighted by Crippen LogP contribution is -2.17. The number of benzene rings is 2. The minimum Gasteiger partial charge on any atom is -0.490 e. The molecule has 0 unspecified atom stereocenters. The number of rotatable bonds is 9. The lowest BCUT2D eigenvalue weighted by atomic mass is 10.1. The fourth-order valence-electron chi connectivity index (χ4n) is 2.26. The van der Waals surface area contributed by atoms with Crippen molar-refractivity contribution >= 4 is 11.9 Å². The molecule has 146 valence electrons. The lowest BCUT2D eigenvalue weighted by molar-refractivity contribution is -0.140. The van der Waals surface area contributed by atoms with Crippen LogP contribution in [0.5, 0.6) is 5.75 Å². The molecule has 2 rings (SSSR count). The number of carbonyl (C=O) groups excluding carboxylic acids is 2. The number of hydrogen-bond acceptors (Lipinski definition) is 5. The van der Waals surface area contributed by atoms with Crippen molar-refractivity contribution in [3.05, 3.63) is 89.7 Å². The second-order valence-corrected chi connectivity index (χ2v) is 6.18. The van der Waals surface area contributed by atoms with Gasteiger partial charge in [-0.05, 0) is 31.5 Å². The van der Waals surface area contributed by atoms with E-state index in [-0.39, 0.29) is 30.1 Å². The van der Waals surface area contributed by atoms with Crippen LogP contribution in [0.2, 0.25) is 0 Å². The SMILES string of the molecule is C=C(C)C(=O)OC(Cc1ccccc1)=C(C)C(=O)OCCOc1ccccc1. The van der Waals surface area contributed by atoms with Gasteiger partial charge in [0.15, 0.2) is 0 Å². The molecule has 5 nitrogen and oxygen atoms in total. The average molecular weight is 380 g/mol. The Morgan fingerprint density at radius 2 is 1.46 bits per heavy atom. The summed E-state index contributed by atoms with van der Waals surface area (Å²) < 4.78 is 16.1. The van der Waals surface area contributed by atoms with E-state index in [1.54, 1.807) is 13.8 Å². The molecule has 0 spiro atoms. The monoisotopic (exact) mass is 380 g/mol. The highest BCUT2D eigenvalue weighted by Gasteiger charge is 2.18. The summed E-state index contributed by atoms with van der Waals surface area (Å²) in [5, 5.41) is 0. The highest BCUT2D eigenvalue weighted by molar-refractivity contribution is 5.91. The van der Waals surface area contributed by atoms with Crippen LogP contribution in [0.4, 0.5) is 0 Å². The summed E-state index contributed by atoms with van der Waals surface area (Å²) in [6, 6.07) is 18.7. The standard InChI is InChI=1S/C23H24O5/c1-17(2)22(24)28-21(16-19-10-6-4-7-11-19)18(3)23(25)27-15-14-26-20-12-8-5-9-13-20/h4-13H,1,14-16H2,2-3H3. The van der Waals surface area contributed by atoms with E-state index in [1.807, 2.05) is 60.7 Å². The van der Waals surface area contributed by atoms with Crippen LogP contribution in [0.1, 0.15) is 19.4 Å². The maximum absolute atomic E-state index is 12.4. The van der Waals surface area contributed by atoms with Crippen molar-refractivity contribution in [3.63, 3.8) is 0 Å². The zero-order valence-electron chi connectivity index (χ0n) is 16.1. The van der Waals surface area contributed by atoms with Crippen LogP contribution in [0.3, 0.4) is 0 Å². The molecule has 5 heteroatoms. The van der Waals surface area contributed by atoms with Gasteiger partial charge in [0.05, 0.1) is 5.57 Å². The highest BCUT2D eigenvalue weighted by Crippen LogP contribution is 2.17. The van der Waals surface area contributed by atoms with Gasteiger partial charge in [-0.15, -0.1) is 0 Å². The van der Waals surface area contributed by atoms with E-state index in [1.165, 1.54) is 0 Å². The molecule has 0 saturated heterocycles. The van der Waals surface area contributed by atoms with Gasteiger partial charge < -0.3 is 14.2 Å². The van der Waals surface area contributed by atoms with Gasteiger partial charge in [0.2, 0.25) is 0 Å². The first kappa shape index (κ1) is 21.0. The van der Waals surface area contributed by atoms with Crippen LogP contribution >= 0.6 is 0 Å². The third-order valence-electron chi connectivity index (χ3n) is 3.82. The van der Waals surface area contributed by atoms with Crippen LogP contribution in [0, 0.1) is 0 Å². The molecule has 2 aromatic rings. The molecule has 0 N–H and O–H groups in total. The van der Waals surface area contributed by atoms with Gasteiger partial charge in [0.1, 0.15) is 24.7 Å². The van der Waals surface area contributed by atoms with Gasteiger partial charge in [-0.25, -0.2) is 9.59 Å². The Kier molecular flexibility index (Phi) is 8.03. The zero-order valence-corrected chi connectivity index (χ0v) is 16.1. The number of para-hydroxylation sites is 1. The molecule has 2 aromatic carbocycles. The first-order valence-electron chi connectivity index (χ1n) is 8.93. The molecule has 0 bridgehead atoms. The van der Waals surface area contributed by atoms with Crippen molar-refractivity contribution in [1.29, 1.82) is 0 Å². The predicted octanol–water partition coefficient (Wildman–Crippen LogP) is 4.24. The number of carbonyl (C=O) groups is 2. The summed E-state index contributed by atoms with van der Waals surface area (Å²) in [5.74, 6) is -0.193. The van der Waals surface area contributed by atoms with Gasteiger partial charge in [-0.3, -0.25) is 0 Å². The molecule has 0 atom stereocenters. The minimum absolute atomic E-state index is 0.0815. The van der Waals surface area contributed by atoms with E-state index in [2.05, 4.69) is 6.58 Å². The molecule has 0 aliphatic carbocycles. The van der Waals surface area contributed by atoms with Crippen molar-refractivity contribution in [1.82, 2.24) is 0 Å². The first-order chi connectivity index (χ1) is 13.5. The van der Waals surface area contributed by atoms with Gasteiger partial charge in [-0.1, -0.05) is 55.1 Å². The highest BCUT2D eigenvalue weighted by atomic mass is 16.6. The fraction of sp³-hybridized carbons (Fsp3) is 0.217. The van der Waals surface area contributed by atoms with Crippen molar-refractivity contribution < 1.29 is 23.8 Å². The quantitative estimate of drug-likeness (QED) is 0.282. The van der Waals surface area contributed by atoms with Crippen LogP contribution in [-0.2, 0) is 25.5 Å². The van der Waals surface area contributed by atoms with Crippen molar-refractivity contribution in [2.45, 2.75) is 20.3 Å². The smallest absolute Gasteiger partial charge is 0.338 e. The van der Waals surface area contributed by atoms with Crippen molar-refractivity contribution in [2.75, 3.05) is 13.2 Å². The molecular formula is C23H24O5. The molecule has 28 heavy (non-hydrogen) atoms. The summed E-state index contributed by atoms with van der Waals surface area (Å²) in [5.41, 5.74) is 1.40. The molecular weight excluding hydrogens is 356 g/mol. The molecule has 0 aliphatic heterocycles. The molecule has 0 saturated carbocycles. The zero-order chi connectivity index (χ0) is 20.4. The molecule has 0 amide bonds. The maximum Gasteiger partial charge on any atom is 0.338 e. The Balaban J connectivity index is 2.01. The third-order valence-corrected chi connectivity index (χ3v) is 3.82. The van der Waals surface area contributed by atoms with Gasteiger partial charge in [0.25, 0.3) is 0 Å². The molecule has 0 aromatic heterocycles. The first-order valence-corrected chi connectivity index (χ1v) is 8.93. The summed E-state index contributed by atoms with van der Waals surface area (Å²) in [6.45, 7) is 7.01. The molecule has 0 aliphatic rings. The molecule has 0 heterocycles. The topological polar surface area (TPSA) is 61.8 Å². The summed E-state index contributed by atoms with van der Waals surface area (Å²) in [4.78, 5) is 24.3. The Morgan fingerprint density at radius 3 is 2.07 bits per heavy atom. The third kappa shape index (κ3) is 6.76. The predicted molar refractivity (Wildman–Crippen MR) is 107 cm³/mol. The van der Waals surface area contributed by atoms with E-state index in [9.17, 15) is 9.59 Å². The van der Waals surface area contributed by atoms with Crippen LogP contribution in [0.25, 0.3) is 0 Å². The van der Waals surface area contributed by atoms with Crippen LogP contribution in [0.15, 0.2) is 84.1 Å². The van der Waals surface area contributed by atoms with Crippen LogP contribution in [-0.4, -0.2) is 25.2 Å². The van der Waals surface area contributed by atoms with E-state index < -0.39 is 11.9 Å². The van der Waals surface area contributed by atoms with E-state index in [4.69, 9.17) is 14.2 Å². The van der Waals surface area contributed by atoms with E-state index in [0.29, 0.717) is 12.2 Å². The lowest BCUT2D eigenvalue weighted by Gasteiger charge is -2.13. The average Bonchev–Trinajstić information content (AvgIpc) is 2.71. The van der Waals surface area contributed by atoms with Gasteiger partial charge in [0, 0.05) is 12.0 Å². The number of allylic oxidation sites excluding steroid dienone is 1. The normalized spacial score (nSPS) is 11.2. The summed E-state index contributed by atoms with van der Waals surface area (Å²) in [7, 11) is 0.